The van der Waals surface area contributed by atoms with Gasteiger partial charge in [-0.1, -0.05) is 58.7 Å². The van der Waals surface area contributed by atoms with Crippen LogP contribution in [0, 0.1) is 11.3 Å². The molecule has 1 aliphatic carbocycles. The van der Waals surface area contributed by atoms with Crippen LogP contribution in [-0.4, -0.2) is 34.5 Å². The number of rotatable bonds is 8. The van der Waals surface area contributed by atoms with Gasteiger partial charge in [0.25, 0.3) is 0 Å². The van der Waals surface area contributed by atoms with Crippen molar-refractivity contribution in [2.45, 2.75) is 77.1 Å². The van der Waals surface area contributed by atoms with E-state index in [-0.39, 0.29) is 0 Å². The van der Waals surface area contributed by atoms with E-state index in [2.05, 4.69) is 26.9 Å². The molecule has 0 amide bonds. The molecule has 2 fully saturated rings. The van der Waals surface area contributed by atoms with Crippen molar-refractivity contribution in [3.05, 3.63) is 0 Å². The predicted molar refractivity (Wildman–Crippen MR) is 92.7 cm³/mol. The molecule has 21 heavy (non-hydrogen) atoms. The van der Waals surface area contributed by atoms with Gasteiger partial charge in [-0.15, -0.1) is 0 Å². The number of ether oxygens (including phenoxy) is 2. The molecule has 0 N–H and O–H groups in total. The van der Waals surface area contributed by atoms with E-state index in [0.29, 0.717) is 5.41 Å². The Hall–Kier alpha value is 0.137. The average molecular weight is 313 g/mol. The first-order valence-corrected chi connectivity index (χ1v) is 12.4. The van der Waals surface area contributed by atoms with E-state index in [1.165, 1.54) is 44.6 Å². The normalized spacial score (nSPS) is 29.1. The Morgan fingerprint density at radius 3 is 2.33 bits per heavy atom. The lowest BCUT2D eigenvalue weighted by Gasteiger charge is -2.40. The molecule has 0 radical (unpaired) electrons. The summed E-state index contributed by atoms with van der Waals surface area (Å²) in [7, 11) is -1.04. The van der Waals surface area contributed by atoms with Crippen LogP contribution in [0.15, 0.2) is 0 Å². The third-order valence-electron chi connectivity index (χ3n) is 6.21. The lowest BCUT2D eigenvalue weighted by atomic mass is 9.84. The minimum absolute atomic E-state index is 0.354. The van der Waals surface area contributed by atoms with Crippen molar-refractivity contribution >= 4 is 8.07 Å². The Labute approximate surface area is 133 Å². The summed E-state index contributed by atoms with van der Waals surface area (Å²) < 4.78 is 11.3. The molecule has 1 saturated carbocycles. The highest BCUT2D eigenvalue weighted by atomic mass is 28.3. The van der Waals surface area contributed by atoms with Crippen LogP contribution in [0.1, 0.15) is 52.4 Å². The van der Waals surface area contributed by atoms with Gasteiger partial charge in [0.2, 0.25) is 0 Å². The smallest absolute Gasteiger partial charge is 0.0566 e. The fourth-order valence-corrected chi connectivity index (χ4v) is 7.30. The summed E-state index contributed by atoms with van der Waals surface area (Å²) in [6.07, 6.45) is 8.39. The monoisotopic (exact) mass is 312 g/mol. The highest BCUT2D eigenvalue weighted by Crippen LogP contribution is 2.41. The van der Waals surface area contributed by atoms with Crippen LogP contribution in [0.4, 0.5) is 0 Å². The Bertz CT molecular complexity index is 299. The summed E-state index contributed by atoms with van der Waals surface area (Å²) in [6.45, 7) is 13.6. The summed E-state index contributed by atoms with van der Waals surface area (Å²) in [5, 5.41) is 0. The van der Waals surface area contributed by atoms with E-state index in [1.807, 2.05) is 0 Å². The second kappa shape index (κ2) is 7.61. The van der Waals surface area contributed by atoms with Crippen molar-refractivity contribution in [2.75, 3.05) is 26.4 Å². The van der Waals surface area contributed by atoms with Gasteiger partial charge < -0.3 is 9.47 Å². The fourth-order valence-electron chi connectivity index (χ4n) is 3.94. The van der Waals surface area contributed by atoms with Crippen molar-refractivity contribution < 1.29 is 9.47 Å². The van der Waals surface area contributed by atoms with Crippen LogP contribution in [0.2, 0.25) is 24.7 Å². The molecule has 2 nitrogen and oxygen atoms in total. The molecule has 3 heteroatoms. The van der Waals surface area contributed by atoms with E-state index in [0.717, 1.165) is 37.9 Å². The van der Waals surface area contributed by atoms with Gasteiger partial charge in [-0.05, 0) is 24.3 Å². The lowest BCUT2D eigenvalue weighted by Crippen LogP contribution is -2.45. The third-order valence-corrected chi connectivity index (χ3v) is 10.6. The Kier molecular flexibility index (Phi) is 6.34. The molecular formula is C18H36O2Si. The molecule has 0 bridgehead atoms. The van der Waals surface area contributed by atoms with Crippen LogP contribution in [0.5, 0.6) is 0 Å². The fraction of sp³-hybridized carbons (Fsp3) is 1.00. The molecule has 1 heterocycles. The zero-order chi connectivity index (χ0) is 15.3. The summed E-state index contributed by atoms with van der Waals surface area (Å²) in [5.41, 5.74) is 1.42. The first kappa shape index (κ1) is 17.5. The van der Waals surface area contributed by atoms with Crippen LogP contribution >= 0.6 is 0 Å². The molecule has 0 aromatic carbocycles. The second-order valence-corrected chi connectivity index (χ2v) is 13.7. The first-order valence-electron chi connectivity index (χ1n) is 9.13. The Morgan fingerprint density at radius 1 is 1.14 bits per heavy atom. The van der Waals surface area contributed by atoms with Crippen molar-refractivity contribution in [1.82, 2.24) is 0 Å². The zero-order valence-corrected chi connectivity index (χ0v) is 15.7. The molecular weight excluding hydrogens is 276 g/mol. The minimum Gasteiger partial charge on any atom is -0.381 e. The molecule has 0 unspecified atom stereocenters. The van der Waals surface area contributed by atoms with E-state index >= 15 is 0 Å². The summed E-state index contributed by atoms with van der Waals surface area (Å²) in [4.78, 5) is 0. The maximum absolute atomic E-state index is 5.97. The summed E-state index contributed by atoms with van der Waals surface area (Å²) >= 11 is 0. The molecule has 124 valence electrons. The molecule has 0 atom stereocenters. The molecule has 1 aliphatic heterocycles. The predicted octanol–water partition coefficient (Wildman–Crippen LogP) is 5.11. The van der Waals surface area contributed by atoms with Crippen molar-refractivity contribution in [3.8, 4) is 0 Å². The summed E-state index contributed by atoms with van der Waals surface area (Å²) in [5.74, 6) is 0.976. The second-order valence-electron chi connectivity index (χ2n) is 8.45. The molecule has 1 saturated heterocycles. The van der Waals surface area contributed by atoms with E-state index in [9.17, 15) is 0 Å². The van der Waals surface area contributed by atoms with E-state index in [1.54, 1.807) is 0 Å². The van der Waals surface area contributed by atoms with Gasteiger partial charge >= 0.3 is 0 Å². The van der Waals surface area contributed by atoms with Gasteiger partial charge in [-0.2, -0.15) is 0 Å². The Morgan fingerprint density at radius 2 is 1.81 bits per heavy atom. The molecule has 2 rings (SSSR count). The SMILES string of the molecule is CCC1(COCCC[Si](C)(C)C2CCC(C)CC2)COC1. The molecule has 0 spiro atoms. The summed E-state index contributed by atoms with van der Waals surface area (Å²) in [6, 6.07) is 1.45. The van der Waals surface area contributed by atoms with Crippen LogP contribution in [0.25, 0.3) is 0 Å². The number of hydrogen-bond donors (Lipinski definition) is 0. The van der Waals surface area contributed by atoms with Gasteiger partial charge in [-0.3, -0.25) is 0 Å². The van der Waals surface area contributed by atoms with Gasteiger partial charge in [0.1, 0.15) is 0 Å². The Balaban J connectivity index is 1.61. The van der Waals surface area contributed by atoms with Crippen molar-refractivity contribution in [2.24, 2.45) is 11.3 Å². The van der Waals surface area contributed by atoms with Gasteiger partial charge in [-0.25, -0.2) is 0 Å². The van der Waals surface area contributed by atoms with Crippen LogP contribution in [0.3, 0.4) is 0 Å². The average Bonchev–Trinajstić information content (AvgIpc) is 2.41. The van der Waals surface area contributed by atoms with Crippen LogP contribution < -0.4 is 0 Å². The van der Waals surface area contributed by atoms with Gasteiger partial charge in [0.05, 0.1) is 27.9 Å². The molecule has 2 aliphatic rings. The number of hydrogen-bond acceptors (Lipinski definition) is 2. The highest BCUT2D eigenvalue weighted by Gasteiger charge is 2.37. The minimum atomic E-state index is -1.04. The first-order chi connectivity index (χ1) is 9.97. The molecule has 0 aromatic heterocycles. The van der Waals surface area contributed by atoms with Crippen LogP contribution in [-0.2, 0) is 9.47 Å². The third kappa shape index (κ3) is 4.80. The van der Waals surface area contributed by atoms with E-state index in [4.69, 9.17) is 9.47 Å². The van der Waals surface area contributed by atoms with Crippen molar-refractivity contribution in [3.63, 3.8) is 0 Å². The highest BCUT2D eigenvalue weighted by molar-refractivity contribution is 6.78. The lowest BCUT2D eigenvalue weighted by molar-refractivity contribution is -0.150. The zero-order valence-electron chi connectivity index (χ0n) is 14.7. The quantitative estimate of drug-likeness (QED) is 0.458. The van der Waals surface area contributed by atoms with Gasteiger partial charge in [0, 0.05) is 12.0 Å². The van der Waals surface area contributed by atoms with Gasteiger partial charge in [0.15, 0.2) is 0 Å². The van der Waals surface area contributed by atoms with E-state index < -0.39 is 8.07 Å². The molecule has 0 aromatic rings. The maximum atomic E-state index is 5.97. The topological polar surface area (TPSA) is 18.5 Å². The maximum Gasteiger partial charge on any atom is 0.0566 e. The standard InChI is InChI=1S/C18H36O2Si/c1-5-18(14-20-15-18)13-19-11-6-12-21(3,4)17-9-7-16(2)8-10-17/h16-17H,5-15H2,1-4H3. The largest absolute Gasteiger partial charge is 0.381 e. The van der Waals surface area contributed by atoms with Crippen molar-refractivity contribution in [1.29, 1.82) is 0 Å².